The van der Waals surface area contributed by atoms with Crippen LogP contribution in [0.25, 0.3) is 11.2 Å². The predicted octanol–water partition coefficient (Wildman–Crippen LogP) is -2.77. The number of nitrogens with zero attached hydrogens (tertiary/aromatic N) is 4. The van der Waals surface area contributed by atoms with Crippen LogP contribution in [-0.4, -0.2) is 26.5 Å². The third kappa shape index (κ3) is 1.09. The molecule has 0 N–H and O–H groups in total. The van der Waals surface area contributed by atoms with Crippen LogP contribution >= 0.6 is 0 Å². The van der Waals surface area contributed by atoms with Crippen molar-refractivity contribution in [3.63, 3.8) is 0 Å². The molecule has 6 nitrogen and oxygen atoms in total. The van der Waals surface area contributed by atoms with Crippen molar-refractivity contribution in [1.29, 1.82) is 0 Å². The van der Waals surface area contributed by atoms with Gasteiger partial charge >= 0.3 is 5.69 Å². The van der Waals surface area contributed by atoms with Crippen molar-refractivity contribution in [2.45, 2.75) is 0 Å². The molecule has 0 spiro atoms. The molecule has 0 saturated carbocycles. The van der Waals surface area contributed by atoms with E-state index in [0.29, 0.717) is 16.9 Å². The van der Waals surface area contributed by atoms with Crippen molar-refractivity contribution in [2.75, 3.05) is 0 Å². The van der Waals surface area contributed by atoms with Crippen LogP contribution in [0, 0.1) is 0 Å². The monoisotopic (exact) mass is 206 g/mol. The Kier molecular flexibility index (Phi) is 1.85. The van der Waals surface area contributed by atoms with Crippen LogP contribution in [-0.2, 0) is 21.1 Å². The van der Waals surface area contributed by atoms with E-state index in [2.05, 4.69) is 4.98 Å². The summed E-state index contributed by atoms with van der Waals surface area (Å²) in [7, 11) is 6.63. The molecule has 0 radical (unpaired) electrons. The third-order valence-corrected chi connectivity index (χ3v) is 2.70. The first-order chi connectivity index (χ1) is 6.95. The fourth-order valence-electron chi connectivity index (χ4n) is 1.63. The molecule has 0 saturated heterocycles. The Morgan fingerprint density at radius 2 is 1.67 bits per heavy atom. The van der Waals surface area contributed by atoms with Crippen LogP contribution in [0.4, 0.5) is 0 Å². The highest BCUT2D eigenvalue weighted by Gasteiger charge is 2.14. The van der Waals surface area contributed by atoms with Crippen molar-refractivity contribution < 1.29 is 0 Å². The average molecular weight is 206 g/mol. The first-order valence-corrected chi connectivity index (χ1v) is 4.54. The van der Waals surface area contributed by atoms with E-state index < -0.39 is 0 Å². The van der Waals surface area contributed by atoms with E-state index in [0.717, 1.165) is 4.57 Å². The molecule has 7 heteroatoms. The SMILES string of the molecule is Bc1nc2c(c(=O)n(C)c(=O)n2C)n1C. The number of hydrogen-bond acceptors (Lipinski definition) is 3. The van der Waals surface area contributed by atoms with E-state index in [-0.39, 0.29) is 11.2 Å². The van der Waals surface area contributed by atoms with Gasteiger partial charge in [-0.25, -0.2) is 9.78 Å². The molecule has 0 atom stereocenters. The van der Waals surface area contributed by atoms with Gasteiger partial charge in [0.05, 0.1) is 5.72 Å². The molecule has 2 rings (SSSR count). The van der Waals surface area contributed by atoms with E-state index in [1.807, 2.05) is 0 Å². The highest BCUT2D eigenvalue weighted by molar-refractivity contribution is 6.30. The number of imidazole rings is 1. The van der Waals surface area contributed by atoms with Gasteiger partial charge in [-0.1, -0.05) is 0 Å². The Hall–Kier alpha value is -1.79. The summed E-state index contributed by atoms with van der Waals surface area (Å²) in [5, 5.41) is 0. The van der Waals surface area contributed by atoms with E-state index >= 15 is 0 Å². The van der Waals surface area contributed by atoms with Crippen molar-refractivity contribution in [1.82, 2.24) is 18.7 Å². The number of aromatic nitrogens is 4. The summed E-state index contributed by atoms with van der Waals surface area (Å²) < 4.78 is 4.16. The third-order valence-electron chi connectivity index (χ3n) is 2.70. The zero-order valence-corrected chi connectivity index (χ0v) is 9.11. The molecular weight excluding hydrogens is 195 g/mol. The quantitative estimate of drug-likeness (QED) is 0.438. The molecule has 15 heavy (non-hydrogen) atoms. The molecule has 0 aromatic carbocycles. The molecule has 78 valence electrons. The van der Waals surface area contributed by atoms with Gasteiger partial charge in [0.1, 0.15) is 0 Å². The summed E-state index contributed by atoms with van der Waals surface area (Å²) >= 11 is 0. The van der Waals surface area contributed by atoms with Gasteiger partial charge in [0.25, 0.3) is 5.56 Å². The summed E-state index contributed by atoms with van der Waals surface area (Å²) in [6.07, 6.45) is 0. The molecule has 0 fully saturated rings. The fourth-order valence-corrected chi connectivity index (χ4v) is 1.63. The summed E-state index contributed by atoms with van der Waals surface area (Å²) in [6, 6.07) is 0. The van der Waals surface area contributed by atoms with E-state index in [9.17, 15) is 9.59 Å². The summed E-state index contributed by atoms with van der Waals surface area (Å²) in [4.78, 5) is 27.6. The molecule has 2 heterocycles. The van der Waals surface area contributed by atoms with Crippen LogP contribution < -0.4 is 17.0 Å². The van der Waals surface area contributed by atoms with Gasteiger partial charge in [-0.2, -0.15) is 0 Å². The van der Waals surface area contributed by atoms with E-state index in [4.69, 9.17) is 0 Å². The Morgan fingerprint density at radius 1 is 1.07 bits per heavy atom. The maximum absolute atomic E-state index is 11.8. The van der Waals surface area contributed by atoms with Crippen molar-refractivity contribution in [3.05, 3.63) is 20.8 Å². The lowest BCUT2D eigenvalue weighted by Crippen LogP contribution is -2.37. The van der Waals surface area contributed by atoms with E-state index in [1.165, 1.54) is 11.6 Å². The predicted molar refractivity (Wildman–Crippen MR) is 59.4 cm³/mol. The Balaban J connectivity index is 3.23. The number of rotatable bonds is 0. The minimum Gasteiger partial charge on any atom is -0.334 e. The maximum Gasteiger partial charge on any atom is 0.332 e. The van der Waals surface area contributed by atoms with Crippen molar-refractivity contribution >= 4 is 24.7 Å². The Labute approximate surface area is 86.2 Å². The molecule has 0 unspecified atom stereocenters. The minimum atomic E-state index is -0.356. The lowest BCUT2D eigenvalue weighted by molar-refractivity contribution is 0.705. The van der Waals surface area contributed by atoms with Gasteiger partial charge < -0.3 is 4.57 Å². The number of aryl methyl sites for hydroxylation is 2. The average Bonchev–Trinajstić information content (AvgIpc) is 2.50. The molecule has 0 aliphatic carbocycles. The summed E-state index contributed by atoms with van der Waals surface area (Å²) in [5.41, 5.74) is 0.935. The normalized spacial score (nSPS) is 11.1. The maximum atomic E-state index is 11.8. The topological polar surface area (TPSA) is 61.8 Å². The molecule has 0 bridgehead atoms. The van der Waals surface area contributed by atoms with Gasteiger partial charge in [-0.05, 0) is 0 Å². The van der Waals surface area contributed by atoms with Crippen LogP contribution in [0.3, 0.4) is 0 Å². The largest absolute Gasteiger partial charge is 0.334 e. The minimum absolute atomic E-state index is 0.309. The van der Waals surface area contributed by atoms with Crippen LogP contribution in [0.5, 0.6) is 0 Å². The Morgan fingerprint density at radius 3 is 2.27 bits per heavy atom. The van der Waals surface area contributed by atoms with Gasteiger partial charge in [0.15, 0.2) is 19.0 Å². The fraction of sp³-hybridized carbons (Fsp3) is 0.375. The molecule has 2 aromatic rings. The molecule has 0 aliphatic heterocycles. The van der Waals surface area contributed by atoms with Gasteiger partial charge in [-0.3, -0.25) is 13.9 Å². The first kappa shape index (κ1) is 9.76. The highest BCUT2D eigenvalue weighted by Crippen LogP contribution is 1.99. The van der Waals surface area contributed by atoms with Gasteiger partial charge in [0, 0.05) is 21.1 Å². The molecule has 0 aliphatic rings. The highest BCUT2D eigenvalue weighted by atomic mass is 16.2. The lowest BCUT2D eigenvalue weighted by atomic mass is 10.1. The molecule has 0 amide bonds. The molecular formula is C8H11BN4O2. The Bertz CT molecular complexity index is 664. The second-order valence-corrected chi connectivity index (χ2v) is 3.60. The number of hydrogen-bond donors (Lipinski definition) is 0. The zero-order chi connectivity index (χ0) is 11.3. The lowest BCUT2D eigenvalue weighted by Gasteiger charge is -2.03. The first-order valence-electron chi connectivity index (χ1n) is 4.54. The zero-order valence-electron chi connectivity index (χ0n) is 9.11. The van der Waals surface area contributed by atoms with Gasteiger partial charge in [-0.15, -0.1) is 0 Å². The van der Waals surface area contributed by atoms with Crippen molar-refractivity contribution in [2.24, 2.45) is 21.1 Å². The summed E-state index contributed by atoms with van der Waals surface area (Å²) in [6.45, 7) is 0. The van der Waals surface area contributed by atoms with Crippen LogP contribution in [0.1, 0.15) is 0 Å². The number of fused-ring (bicyclic) bond motifs is 1. The standard InChI is InChI=1S/C8H11BN4O2/c1-11-4-5(10-7(11)9)12(2)8(15)13(3)6(4)14/h9H2,1-3H3. The van der Waals surface area contributed by atoms with Crippen LogP contribution in [0.2, 0.25) is 0 Å². The van der Waals surface area contributed by atoms with E-state index in [1.54, 1.807) is 26.5 Å². The second-order valence-electron chi connectivity index (χ2n) is 3.60. The van der Waals surface area contributed by atoms with Crippen molar-refractivity contribution in [3.8, 4) is 0 Å². The van der Waals surface area contributed by atoms with Crippen LogP contribution in [0.15, 0.2) is 9.59 Å². The molecule has 2 aromatic heterocycles. The summed E-state index contributed by atoms with van der Waals surface area (Å²) in [5.74, 6) is 0. The van der Waals surface area contributed by atoms with Gasteiger partial charge in [0.2, 0.25) is 0 Å². The second kappa shape index (κ2) is 2.85. The smallest absolute Gasteiger partial charge is 0.332 e.